The molecule has 0 radical (unpaired) electrons. The fourth-order valence-corrected chi connectivity index (χ4v) is 1.03. The number of thiol groups is 1. The van der Waals surface area contributed by atoms with E-state index in [-0.39, 0.29) is 36.8 Å². The molecule has 62 valence electrons. The van der Waals surface area contributed by atoms with Gasteiger partial charge in [-0.1, -0.05) is 6.07 Å². The Morgan fingerprint density at radius 1 is 1.62 bits per heavy atom. The molecule has 1 rings (SSSR count). The molecular weight excluding hydrogens is 193 g/mol. The second-order valence-corrected chi connectivity index (χ2v) is 2.88. The fourth-order valence-electron chi connectivity index (χ4n) is 0.845. The Morgan fingerprint density at radius 2 is 2.23 bits per heavy atom. The largest absolute Gasteiger partial charge is 1.00 e. The number of carbonyl (C=O) groups excluding carboxylic acids is 1. The summed E-state index contributed by atoms with van der Waals surface area (Å²) in [7, 11) is 0. The van der Waals surface area contributed by atoms with Gasteiger partial charge in [0.1, 0.15) is 6.07 Å². The van der Waals surface area contributed by atoms with Gasteiger partial charge in [-0.05, 0) is 19.1 Å². The third-order valence-electron chi connectivity index (χ3n) is 1.52. The van der Waals surface area contributed by atoms with Crippen LogP contribution < -0.4 is 29.6 Å². The molecule has 13 heavy (non-hydrogen) atoms. The zero-order chi connectivity index (χ0) is 9.14. The van der Waals surface area contributed by atoms with Crippen molar-refractivity contribution in [3.05, 3.63) is 29.3 Å². The molecule has 0 unspecified atom stereocenters. The van der Waals surface area contributed by atoms with E-state index < -0.39 is 0 Å². The Bertz CT molecular complexity index is 376. The van der Waals surface area contributed by atoms with Crippen LogP contribution >= 0.6 is 12.6 Å². The minimum absolute atomic E-state index is 0. The number of benzene rings is 1. The van der Waals surface area contributed by atoms with Gasteiger partial charge in [-0.2, -0.15) is 5.26 Å². The van der Waals surface area contributed by atoms with Gasteiger partial charge in [0, 0.05) is 10.5 Å². The Morgan fingerprint density at radius 3 is 2.69 bits per heavy atom. The number of carbonyl (C=O) groups is 1. The molecule has 0 fully saturated rings. The van der Waals surface area contributed by atoms with Crippen LogP contribution in [0.5, 0.6) is 0 Å². The van der Waals surface area contributed by atoms with Crippen molar-refractivity contribution < 1.29 is 35.8 Å². The zero-order valence-electron chi connectivity index (χ0n) is 8.53. The predicted octanol–water partition coefficient (Wildman–Crippen LogP) is -0.834. The molecule has 0 N–H and O–H groups in total. The molecule has 0 saturated carbocycles. The van der Waals surface area contributed by atoms with Gasteiger partial charge in [-0.15, -0.1) is 12.6 Å². The van der Waals surface area contributed by atoms with Crippen LogP contribution in [0.15, 0.2) is 23.1 Å². The summed E-state index contributed by atoms with van der Waals surface area (Å²) in [5.41, 5.74) is 0.982. The summed E-state index contributed by atoms with van der Waals surface area (Å²) < 4.78 is 0. The Kier molecular flexibility index (Phi) is 5.34. The quantitative estimate of drug-likeness (QED) is 0.366. The summed E-state index contributed by atoms with van der Waals surface area (Å²) >= 11 is 4.06. The second kappa shape index (κ2) is 5.46. The molecule has 0 bridgehead atoms. The molecule has 4 heteroatoms. The van der Waals surface area contributed by atoms with E-state index in [0.29, 0.717) is 16.0 Å². The maximum absolute atomic E-state index is 10.9. The van der Waals surface area contributed by atoms with Gasteiger partial charge in [0.2, 0.25) is 0 Å². The summed E-state index contributed by atoms with van der Waals surface area (Å²) in [6, 6.07) is 6.82. The molecule has 0 amide bonds. The van der Waals surface area contributed by atoms with E-state index in [9.17, 15) is 4.79 Å². The van der Waals surface area contributed by atoms with Crippen molar-refractivity contribution in [2.24, 2.45) is 0 Å². The third kappa shape index (κ3) is 3.17. The maximum Gasteiger partial charge on any atom is 1.00 e. The van der Waals surface area contributed by atoms with Crippen LogP contribution in [0.2, 0.25) is 0 Å². The number of rotatable bonds is 1. The van der Waals surface area contributed by atoms with Crippen molar-refractivity contribution in [1.82, 2.24) is 0 Å². The second-order valence-electron chi connectivity index (χ2n) is 2.40. The Labute approximate surface area is 106 Å². The van der Waals surface area contributed by atoms with Crippen LogP contribution in [-0.2, 0) is 0 Å². The molecule has 0 aromatic heterocycles. The van der Waals surface area contributed by atoms with E-state index in [1.165, 1.54) is 6.92 Å². The number of nitriles is 1. The van der Waals surface area contributed by atoms with E-state index in [1.807, 2.05) is 6.07 Å². The van der Waals surface area contributed by atoms with Gasteiger partial charge in [0.15, 0.2) is 5.78 Å². The van der Waals surface area contributed by atoms with Gasteiger partial charge >= 0.3 is 29.6 Å². The van der Waals surface area contributed by atoms with Crippen molar-refractivity contribution in [2.75, 3.05) is 0 Å². The molecule has 1 aromatic rings. The molecule has 0 aliphatic rings. The van der Waals surface area contributed by atoms with Crippen molar-refractivity contribution in [1.29, 1.82) is 5.26 Å². The average molecular weight is 201 g/mol. The van der Waals surface area contributed by atoms with E-state index in [0.717, 1.165) is 0 Å². The number of hydrogen-bond donors (Lipinski definition) is 1. The monoisotopic (exact) mass is 201 g/mol. The molecule has 0 aliphatic carbocycles. The van der Waals surface area contributed by atoms with Gasteiger partial charge in [0.25, 0.3) is 0 Å². The first kappa shape index (κ1) is 12.7. The molecule has 0 atom stereocenters. The maximum atomic E-state index is 10.9. The summed E-state index contributed by atoms with van der Waals surface area (Å²) in [5, 5.41) is 8.61. The van der Waals surface area contributed by atoms with Crippen LogP contribution in [0.25, 0.3) is 0 Å². The van der Waals surface area contributed by atoms with Gasteiger partial charge in [-0.3, -0.25) is 4.79 Å². The zero-order valence-corrected chi connectivity index (χ0v) is 10.4. The topological polar surface area (TPSA) is 40.9 Å². The van der Waals surface area contributed by atoms with E-state index >= 15 is 0 Å². The Hall–Kier alpha value is -0.270. The van der Waals surface area contributed by atoms with E-state index in [1.54, 1.807) is 18.2 Å². The normalized spacial score (nSPS) is 8.38. The minimum Gasteiger partial charge on any atom is -1.00 e. The molecule has 0 spiro atoms. The van der Waals surface area contributed by atoms with Gasteiger partial charge < -0.3 is 1.43 Å². The van der Waals surface area contributed by atoms with E-state index in [2.05, 4.69) is 12.6 Å². The summed E-state index contributed by atoms with van der Waals surface area (Å²) in [6.07, 6.45) is 0. The predicted molar refractivity (Wildman–Crippen MR) is 49.5 cm³/mol. The minimum atomic E-state index is -0.0418. The van der Waals surface area contributed by atoms with Crippen molar-refractivity contribution in [3.63, 3.8) is 0 Å². The first-order chi connectivity index (χ1) is 5.65. The van der Waals surface area contributed by atoms with Gasteiger partial charge in [-0.25, -0.2) is 0 Å². The Balaban J connectivity index is 0. The van der Waals surface area contributed by atoms with Crippen LogP contribution in [0.4, 0.5) is 0 Å². The van der Waals surface area contributed by atoms with Gasteiger partial charge in [0.05, 0.1) is 5.56 Å². The number of ketones is 1. The van der Waals surface area contributed by atoms with Crippen molar-refractivity contribution >= 4 is 18.4 Å². The summed E-state index contributed by atoms with van der Waals surface area (Å²) in [5.74, 6) is -0.0418. The van der Waals surface area contributed by atoms with Crippen LogP contribution in [-0.4, -0.2) is 5.78 Å². The molecule has 0 heterocycles. The molecular formula is C9H8NNaOS. The van der Waals surface area contributed by atoms with E-state index in [4.69, 9.17) is 5.26 Å². The number of hydrogen-bond acceptors (Lipinski definition) is 3. The standard InChI is InChI=1S/C9H7NOS.Na.H/c1-6(11)7-2-3-9(12)8(4-7)5-10;;/h2-4,12H,1H3;;/q;+1;-1. The van der Waals surface area contributed by atoms with Crippen LogP contribution in [0.1, 0.15) is 24.3 Å². The first-order valence-corrected chi connectivity index (χ1v) is 3.84. The van der Waals surface area contributed by atoms with Crippen molar-refractivity contribution in [3.8, 4) is 6.07 Å². The molecule has 0 saturated heterocycles. The van der Waals surface area contributed by atoms with Crippen LogP contribution in [0.3, 0.4) is 0 Å². The molecule has 1 aromatic carbocycles. The number of Topliss-reactive ketones (excluding diaryl/α,β-unsaturated/α-hetero) is 1. The molecule has 0 aliphatic heterocycles. The first-order valence-electron chi connectivity index (χ1n) is 3.39. The van der Waals surface area contributed by atoms with Crippen LogP contribution in [0, 0.1) is 11.3 Å². The third-order valence-corrected chi connectivity index (χ3v) is 1.91. The average Bonchev–Trinajstić information content (AvgIpc) is 2.05. The smallest absolute Gasteiger partial charge is 1.00 e. The summed E-state index contributed by atoms with van der Waals surface area (Å²) in [4.78, 5) is 11.5. The summed E-state index contributed by atoms with van der Waals surface area (Å²) in [6.45, 7) is 1.47. The SMILES string of the molecule is CC(=O)c1ccc(S)c(C#N)c1.[H-].[Na+]. The fraction of sp³-hybridized carbons (Fsp3) is 0.111. The number of nitrogens with zero attached hydrogens (tertiary/aromatic N) is 1. The van der Waals surface area contributed by atoms with Crippen molar-refractivity contribution in [2.45, 2.75) is 11.8 Å². The molecule has 2 nitrogen and oxygen atoms in total.